The molecule has 4 rings (SSSR count). The van der Waals surface area contributed by atoms with Crippen LogP contribution in [-0.2, 0) is 0 Å². The fraction of sp³-hybridized carbons (Fsp3) is 0.0417. The van der Waals surface area contributed by atoms with Gasteiger partial charge in [-0.15, -0.1) is 0 Å². The predicted octanol–water partition coefficient (Wildman–Crippen LogP) is 5.91. The van der Waals surface area contributed by atoms with Crippen molar-refractivity contribution in [2.75, 3.05) is 7.11 Å². The smallest absolute Gasteiger partial charge is 0.160 e. The van der Waals surface area contributed by atoms with E-state index in [0.29, 0.717) is 11.3 Å². The van der Waals surface area contributed by atoms with Gasteiger partial charge in [0, 0.05) is 34.9 Å². The van der Waals surface area contributed by atoms with Gasteiger partial charge in [-0.2, -0.15) is 0 Å². The highest BCUT2D eigenvalue weighted by molar-refractivity contribution is 6.06. The van der Waals surface area contributed by atoms with Gasteiger partial charge in [-0.3, -0.25) is 4.98 Å². The molecule has 0 bridgehead atoms. The van der Waals surface area contributed by atoms with Gasteiger partial charge in [-0.05, 0) is 52.9 Å². The highest BCUT2D eigenvalue weighted by Gasteiger charge is 2.15. The summed E-state index contributed by atoms with van der Waals surface area (Å²) >= 11 is 0. The van der Waals surface area contributed by atoms with Crippen molar-refractivity contribution in [1.82, 2.24) is 15.0 Å². The van der Waals surface area contributed by atoms with Gasteiger partial charge in [0.25, 0.3) is 0 Å². The summed E-state index contributed by atoms with van der Waals surface area (Å²) in [5, 5.41) is 2.72. The van der Waals surface area contributed by atoms with E-state index < -0.39 is 5.83 Å². The Balaban J connectivity index is 2.11. The van der Waals surface area contributed by atoms with E-state index >= 15 is 0 Å². The van der Waals surface area contributed by atoms with Crippen molar-refractivity contribution in [2.24, 2.45) is 0 Å². The minimum Gasteiger partial charge on any atom is -0.496 e. The van der Waals surface area contributed by atoms with Crippen molar-refractivity contribution < 1.29 is 9.13 Å². The van der Waals surface area contributed by atoms with Crippen LogP contribution in [0.3, 0.4) is 0 Å². The minimum atomic E-state index is -0.488. The topological polar surface area (TPSA) is 47.9 Å². The third-order valence-corrected chi connectivity index (χ3v) is 4.79. The number of hydrogen-bond donors (Lipinski definition) is 0. The van der Waals surface area contributed by atoms with Crippen molar-refractivity contribution in [3.05, 3.63) is 91.8 Å². The van der Waals surface area contributed by atoms with Crippen molar-refractivity contribution in [3.63, 3.8) is 0 Å². The van der Waals surface area contributed by atoms with Crippen LogP contribution >= 0.6 is 0 Å². The zero-order valence-electron chi connectivity index (χ0n) is 15.9. The molecule has 0 aliphatic heterocycles. The number of aromatic nitrogens is 3. The quantitative estimate of drug-likeness (QED) is 0.402. The monoisotopic (exact) mass is 383 g/mol. The second-order valence-corrected chi connectivity index (χ2v) is 6.34. The molecule has 4 nitrogen and oxygen atoms in total. The average Bonchev–Trinajstić information content (AvgIpc) is 2.78. The lowest BCUT2D eigenvalue weighted by atomic mass is 9.95. The molecule has 0 spiro atoms. The molecule has 3 heterocycles. The Morgan fingerprint density at radius 2 is 1.86 bits per heavy atom. The number of rotatable bonds is 5. The SMILES string of the molecule is C=C/C(F)=C(\C=C)c1cc(-c2ccc(OC)c3cnccc23)c2cccnc2n1. The first-order chi connectivity index (χ1) is 14.2. The fourth-order valence-electron chi connectivity index (χ4n) is 3.43. The summed E-state index contributed by atoms with van der Waals surface area (Å²) in [5.41, 5.74) is 3.07. The van der Waals surface area contributed by atoms with Crippen LogP contribution in [0.4, 0.5) is 4.39 Å². The van der Waals surface area contributed by atoms with Crippen LogP contribution in [0.2, 0.25) is 0 Å². The molecule has 0 unspecified atom stereocenters. The maximum atomic E-state index is 14.4. The Kier molecular flexibility index (Phi) is 4.87. The number of ether oxygens (including phenoxy) is 1. The number of benzene rings is 1. The molecule has 0 N–H and O–H groups in total. The molecule has 3 aromatic heterocycles. The molecular weight excluding hydrogens is 365 g/mol. The second kappa shape index (κ2) is 7.64. The average molecular weight is 383 g/mol. The molecular formula is C24H18FN3O. The van der Waals surface area contributed by atoms with Crippen LogP contribution in [-0.4, -0.2) is 22.1 Å². The van der Waals surface area contributed by atoms with E-state index in [0.717, 1.165) is 39.1 Å². The maximum Gasteiger partial charge on any atom is 0.160 e. The summed E-state index contributed by atoms with van der Waals surface area (Å²) in [6, 6.07) is 11.5. The van der Waals surface area contributed by atoms with Crippen molar-refractivity contribution in [2.45, 2.75) is 0 Å². The molecule has 0 fully saturated rings. The van der Waals surface area contributed by atoms with E-state index in [9.17, 15) is 4.39 Å². The third kappa shape index (κ3) is 3.17. The van der Waals surface area contributed by atoms with Gasteiger partial charge in [0.1, 0.15) is 11.6 Å². The number of nitrogens with zero attached hydrogens (tertiary/aromatic N) is 3. The molecule has 0 saturated heterocycles. The zero-order valence-corrected chi connectivity index (χ0v) is 15.9. The Morgan fingerprint density at radius 1 is 1.00 bits per heavy atom. The first kappa shape index (κ1) is 18.5. The molecule has 1 aromatic carbocycles. The first-order valence-corrected chi connectivity index (χ1v) is 8.99. The molecule has 0 amide bonds. The van der Waals surface area contributed by atoms with E-state index in [-0.39, 0.29) is 5.57 Å². The van der Waals surface area contributed by atoms with E-state index in [1.807, 2.05) is 36.4 Å². The fourth-order valence-corrected chi connectivity index (χ4v) is 3.43. The molecule has 0 aliphatic carbocycles. The van der Waals surface area contributed by atoms with Gasteiger partial charge in [0.2, 0.25) is 0 Å². The highest BCUT2D eigenvalue weighted by Crippen LogP contribution is 2.38. The minimum absolute atomic E-state index is 0.272. The molecule has 5 heteroatoms. The summed E-state index contributed by atoms with van der Waals surface area (Å²) in [7, 11) is 1.63. The van der Waals surface area contributed by atoms with Crippen LogP contribution in [0.1, 0.15) is 5.69 Å². The Hall–Kier alpha value is -3.86. The van der Waals surface area contributed by atoms with Crippen LogP contribution in [0.15, 0.2) is 86.1 Å². The Morgan fingerprint density at radius 3 is 2.62 bits per heavy atom. The molecule has 0 saturated carbocycles. The lowest BCUT2D eigenvalue weighted by Gasteiger charge is -2.14. The van der Waals surface area contributed by atoms with Gasteiger partial charge < -0.3 is 4.74 Å². The standard InChI is InChI=1S/C24H18FN3O/c1-4-15(21(25)5-2)22-13-19(18-7-6-11-27-24(18)28-22)16-8-9-23(29-3)20-14-26-12-10-17(16)20/h4-14H,1-2H2,3H3/b21-15-. The summed E-state index contributed by atoms with van der Waals surface area (Å²) < 4.78 is 19.9. The summed E-state index contributed by atoms with van der Waals surface area (Å²) in [6.07, 6.45) is 7.76. The maximum absolute atomic E-state index is 14.4. The van der Waals surface area contributed by atoms with E-state index in [1.165, 1.54) is 6.08 Å². The zero-order chi connectivity index (χ0) is 20.4. The van der Waals surface area contributed by atoms with Gasteiger partial charge >= 0.3 is 0 Å². The molecule has 0 aliphatic rings. The summed E-state index contributed by atoms with van der Waals surface area (Å²) in [5.74, 6) is 0.246. The Bertz CT molecular complexity index is 1290. The van der Waals surface area contributed by atoms with Gasteiger partial charge in [0.05, 0.1) is 12.8 Å². The number of hydrogen-bond acceptors (Lipinski definition) is 4. The lowest BCUT2D eigenvalue weighted by molar-refractivity contribution is 0.420. The van der Waals surface area contributed by atoms with Crippen molar-refractivity contribution >= 4 is 27.4 Å². The van der Waals surface area contributed by atoms with Gasteiger partial charge in [-0.1, -0.05) is 25.3 Å². The van der Waals surface area contributed by atoms with E-state index in [4.69, 9.17) is 4.74 Å². The second-order valence-electron chi connectivity index (χ2n) is 6.34. The van der Waals surface area contributed by atoms with Gasteiger partial charge in [0.15, 0.2) is 5.65 Å². The lowest BCUT2D eigenvalue weighted by Crippen LogP contribution is -1.96. The first-order valence-electron chi connectivity index (χ1n) is 8.99. The largest absolute Gasteiger partial charge is 0.496 e. The van der Waals surface area contributed by atoms with Crippen molar-refractivity contribution in [3.8, 4) is 16.9 Å². The molecule has 0 atom stereocenters. The molecule has 142 valence electrons. The molecule has 0 radical (unpaired) electrons. The number of pyridine rings is 3. The highest BCUT2D eigenvalue weighted by atomic mass is 19.1. The van der Waals surface area contributed by atoms with Gasteiger partial charge in [-0.25, -0.2) is 14.4 Å². The molecule has 29 heavy (non-hydrogen) atoms. The number of allylic oxidation sites excluding steroid dienone is 4. The van der Waals surface area contributed by atoms with Crippen LogP contribution in [0.5, 0.6) is 5.75 Å². The van der Waals surface area contributed by atoms with Crippen molar-refractivity contribution in [1.29, 1.82) is 0 Å². The Labute approximate surface area is 167 Å². The molecule has 4 aromatic rings. The number of halogens is 1. The summed E-state index contributed by atoms with van der Waals surface area (Å²) in [6.45, 7) is 7.24. The number of fused-ring (bicyclic) bond motifs is 2. The van der Waals surface area contributed by atoms with E-state index in [1.54, 1.807) is 25.7 Å². The van der Waals surface area contributed by atoms with E-state index in [2.05, 4.69) is 28.1 Å². The third-order valence-electron chi connectivity index (χ3n) is 4.79. The van der Waals surface area contributed by atoms with Crippen LogP contribution < -0.4 is 4.74 Å². The van der Waals surface area contributed by atoms with Crippen LogP contribution in [0, 0.1) is 0 Å². The van der Waals surface area contributed by atoms with Crippen LogP contribution in [0.25, 0.3) is 38.5 Å². The normalized spacial score (nSPS) is 11.9. The predicted molar refractivity (Wildman–Crippen MR) is 115 cm³/mol. The summed E-state index contributed by atoms with van der Waals surface area (Å²) in [4.78, 5) is 13.2. The number of methoxy groups -OCH3 is 1.